The SMILES string of the molecule is O=C1CCC(NC(=O)c2ccn(-c3ccccc3)n2)CN1. The van der Waals surface area contributed by atoms with E-state index < -0.39 is 0 Å². The number of aromatic nitrogens is 2. The second-order valence-corrected chi connectivity index (χ2v) is 4.99. The van der Waals surface area contributed by atoms with Crippen molar-refractivity contribution in [1.82, 2.24) is 20.4 Å². The van der Waals surface area contributed by atoms with Crippen LogP contribution in [0.3, 0.4) is 0 Å². The van der Waals surface area contributed by atoms with Crippen LogP contribution in [0.15, 0.2) is 42.6 Å². The van der Waals surface area contributed by atoms with E-state index >= 15 is 0 Å². The quantitative estimate of drug-likeness (QED) is 0.878. The zero-order valence-electron chi connectivity index (χ0n) is 11.5. The standard InChI is InChI=1S/C15H16N4O2/c20-14-7-6-11(10-16-14)17-15(21)13-8-9-19(18-13)12-4-2-1-3-5-12/h1-5,8-9,11H,6-7,10H2,(H,16,20)(H,17,21). The zero-order chi connectivity index (χ0) is 14.7. The third-order valence-corrected chi connectivity index (χ3v) is 3.44. The summed E-state index contributed by atoms with van der Waals surface area (Å²) >= 11 is 0. The fourth-order valence-corrected chi connectivity index (χ4v) is 2.28. The molecule has 0 aliphatic carbocycles. The lowest BCUT2D eigenvalue weighted by Crippen LogP contribution is -2.47. The average molecular weight is 284 g/mol. The van der Waals surface area contributed by atoms with Crippen LogP contribution in [0.25, 0.3) is 5.69 Å². The van der Waals surface area contributed by atoms with Crippen LogP contribution in [0.4, 0.5) is 0 Å². The molecule has 1 saturated heterocycles. The number of rotatable bonds is 3. The van der Waals surface area contributed by atoms with Crippen LogP contribution in [0.5, 0.6) is 0 Å². The molecule has 1 fully saturated rings. The fourth-order valence-electron chi connectivity index (χ4n) is 2.28. The molecular formula is C15H16N4O2. The summed E-state index contributed by atoms with van der Waals surface area (Å²) < 4.78 is 1.66. The topological polar surface area (TPSA) is 76.0 Å². The minimum Gasteiger partial charge on any atom is -0.354 e. The highest BCUT2D eigenvalue weighted by Crippen LogP contribution is 2.08. The maximum atomic E-state index is 12.1. The maximum Gasteiger partial charge on any atom is 0.272 e. The van der Waals surface area contributed by atoms with Gasteiger partial charge in [0.25, 0.3) is 5.91 Å². The summed E-state index contributed by atoms with van der Waals surface area (Å²) in [5.41, 5.74) is 1.28. The number of hydrogen-bond acceptors (Lipinski definition) is 3. The monoisotopic (exact) mass is 284 g/mol. The molecule has 6 nitrogen and oxygen atoms in total. The Labute approximate surface area is 122 Å². The Kier molecular flexibility index (Phi) is 3.68. The number of hydrogen-bond donors (Lipinski definition) is 2. The van der Waals surface area contributed by atoms with Crippen LogP contribution in [0.2, 0.25) is 0 Å². The van der Waals surface area contributed by atoms with Gasteiger partial charge in [0.2, 0.25) is 5.91 Å². The van der Waals surface area contributed by atoms with Crippen molar-refractivity contribution < 1.29 is 9.59 Å². The molecule has 1 aliphatic heterocycles. The predicted octanol–water partition coefficient (Wildman–Crippen LogP) is 0.881. The van der Waals surface area contributed by atoms with Gasteiger partial charge in [-0.3, -0.25) is 9.59 Å². The molecule has 108 valence electrons. The molecule has 1 aromatic carbocycles. The van der Waals surface area contributed by atoms with E-state index in [1.165, 1.54) is 0 Å². The number of amides is 2. The van der Waals surface area contributed by atoms with E-state index in [2.05, 4.69) is 15.7 Å². The van der Waals surface area contributed by atoms with Crippen LogP contribution in [-0.4, -0.2) is 34.2 Å². The van der Waals surface area contributed by atoms with E-state index in [9.17, 15) is 9.59 Å². The normalized spacial score (nSPS) is 18.1. The van der Waals surface area contributed by atoms with Gasteiger partial charge >= 0.3 is 0 Å². The summed E-state index contributed by atoms with van der Waals surface area (Å²) in [6, 6.07) is 11.3. The highest BCUT2D eigenvalue weighted by molar-refractivity contribution is 5.92. The molecule has 0 saturated carbocycles. The molecule has 2 amide bonds. The van der Waals surface area contributed by atoms with Gasteiger partial charge in [0.05, 0.1) is 5.69 Å². The summed E-state index contributed by atoms with van der Waals surface area (Å²) in [7, 11) is 0. The summed E-state index contributed by atoms with van der Waals surface area (Å²) in [5.74, 6) is -0.181. The van der Waals surface area contributed by atoms with E-state index in [1.54, 1.807) is 16.9 Å². The lowest BCUT2D eigenvalue weighted by atomic mass is 10.1. The van der Waals surface area contributed by atoms with Crippen molar-refractivity contribution in [3.63, 3.8) is 0 Å². The summed E-state index contributed by atoms with van der Waals surface area (Å²) in [4.78, 5) is 23.2. The highest BCUT2D eigenvalue weighted by atomic mass is 16.2. The molecule has 1 aromatic heterocycles. The van der Waals surface area contributed by atoms with E-state index in [1.807, 2.05) is 30.3 Å². The van der Waals surface area contributed by atoms with Gasteiger partial charge in [-0.05, 0) is 24.6 Å². The van der Waals surface area contributed by atoms with Gasteiger partial charge < -0.3 is 10.6 Å². The second kappa shape index (κ2) is 5.78. The first-order valence-corrected chi connectivity index (χ1v) is 6.91. The molecule has 1 atom stereocenters. The summed E-state index contributed by atoms with van der Waals surface area (Å²) in [5, 5.41) is 9.91. The van der Waals surface area contributed by atoms with Crippen molar-refractivity contribution in [3.05, 3.63) is 48.3 Å². The molecule has 21 heavy (non-hydrogen) atoms. The lowest BCUT2D eigenvalue weighted by Gasteiger charge is -2.22. The van der Waals surface area contributed by atoms with Gasteiger partial charge in [-0.1, -0.05) is 18.2 Å². The summed E-state index contributed by atoms with van der Waals surface area (Å²) in [6.07, 6.45) is 2.87. The van der Waals surface area contributed by atoms with Crippen LogP contribution in [0.1, 0.15) is 23.3 Å². The number of benzene rings is 1. The molecule has 0 bridgehead atoms. The van der Waals surface area contributed by atoms with Crippen molar-refractivity contribution in [1.29, 1.82) is 0 Å². The molecule has 2 heterocycles. The third kappa shape index (κ3) is 3.10. The zero-order valence-corrected chi connectivity index (χ0v) is 11.5. The first-order valence-electron chi connectivity index (χ1n) is 6.91. The van der Waals surface area contributed by atoms with Crippen molar-refractivity contribution in [2.75, 3.05) is 6.54 Å². The van der Waals surface area contributed by atoms with Crippen LogP contribution in [0, 0.1) is 0 Å². The third-order valence-electron chi connectivity index (χ3n) is 3.44. The van der Waals surface area contributed by atoms with Crippen molar-refractivity contribution in [2.24, 2.45) is 0 Å². The molecular weight excluding hydrogens is 268 g/mol. The Balaban J connectivity index is 1.66. The highest BCUT2D eigenvalue weighted by Gasteiger charge is 2.21. The van der Waals surface area contributed by atoms with E-state index in [-0.39, 0.29) is 17.9 Å². The summed E-state index contributed by atoms with van der Waals surface area (Å²) in [6.45, 7) is 0.476. The fraction of sp³-hybridized carbons (Fsp3) is 0.267. The number of nitrogens with zero attached hydrogens (tertiary/aromatic N) is 2. The van der Waals surface area contributed by atoms with E-state index in [4.69, 9.17) is 0 Å². The molecule has 6 heteroatoms. The Morgan fingerprint density at radius 2 is 2.10 bits per heavy atom. The maximum absolute atomic E-state index is 12.1. The first-order chi connectivity index (χ1) is 10.2. The molecule has 1 unspecified atom stereocenters. The van der Waals surface area contributed by atoms with E-state index in [0.29, 0.717) is 25.1 Å². The Morgan fingerprint density at radius 1 is 1.29 bits per heavy atom. The number of carbonyl (C=O) groups is 2. The van der Waals surface area contributed by atoms with Gasteiger partial charge in [0.15, 0.2) is 5.69 Å². The second-order valence-electron chi connectivity index (χ2n) is 4.99. The van der Waals surface area contributed by atoms with Gasteiger partial charge in [0, 0.05) is 25.2 Å². The van der Waals surface area contributed by atoms with Crippen molar-refractivity contribution in [2.45, 2.75) is 18.9 Å². The Hall–Kier alpha value is -2.63. The van der Waals surface area contributed by atoms with Crippen LogP contribution >= 0.6 is 0 Å². The Morgan fingerprint density at radius 3 is 2.81 bits per heavy atom. The van der Waals surface area contributed by atoms with Crippen molar-refractivity contribution in [3.8, 4) is 5.69 Å². The van der Waals surface area contributed by atoms with Crippen molar-refractivity contribution >= 4 is 11.8 Å². The van der Waals surface area contributed by atoms with Gasteiger partial charge in [0.1, 0.15) is 0 Å². The molecule has 2 aromatic rings. The molecule has 3 rings (SSSR count). The molecule has 0 radical (unpaired) electrons. The number of piperidine rings is 1. The van der Waals surface area contributed by atoms with Crippen LogP contribution < -0.4 is 10.6 Å². The minimum atomic E-state index is -0.217. The largest absolute Gasteiger partial charge is 0.354 e. The minimum absolute atomic E-state index is 0.0305. The number of nitrogens with one attached hydrogen (secondary N) is 2. The van der Waals surface area contributed by atoms with Gasteiger partial charge in [-0.2, -0.15) is 5.10 Å². The van der Waals surface area contributed by atoms with Gasteiger partial charge in [-0.15, -0.1) is 0 Å². The van der Waals surface area contributed by atoms with E-state index in [0.717, 1.165) is 5.69 Å². The molecule has 0 spiro atoms. The first kappa shape index (κ1) is 13.4. The molecule has 2 N–H and O–H groups in total. The average Bonchev–Trinajstić information content (AvgIpc) is 3.00. The predicted molar refractivity (Wildman–Crippen MR) is 77.1 cm³/mol. The lowest BCUT2D eigenvalue weighted by molar-refractivity contribution is -0.122. The number of para-hydroxylation sites is 1. The smallest absolute Gasteiger partial charge is 0.272 e. The molecule has 1 aliphatic rings. The number of carbonyl (C=O) groups excluding carboxylic acids is 2. The Bertz CT molecular complexity index is 641. The van der Waals surface area contributed by atoms with Crippen LogP contribution in [-0.2, 0) is 4.79 Å². The van der Waals surface area contributed by atoms with Gasteiger partial charge in [-0.25, -0.2) is 4.68 Å².